The summed E-state index contributed by atoms with van der Waals surface area (Å²) >= 11 is 12.7. The van der Waals surface area contributed by atoms with Crippen LogP contribution in [0.3, 0.4) is 0 Å². The van der Waals surface area contributed by atoms with Crippen LogP contribution in [0.25, 0.3) is 0 Å². The van der Waals surface area contributed by atoms with Crippen molar-refractivity contribution in [3.63, 3.8) is 0 Å². The third kappa shape index (κ3) is 7.09. The molecule has 0 saturated heterocycles. The van der Waals surface area contributed by atoms with Gasteiger partial charge in [-0.3, -0.25) is 9.59 Å². The Morgan fingerprint density at radius 2 is 1.61 bits per heavy atom. The molecule has 0 aliphatic rings. The number of hydrogen-bond donors (Lipinski definition) is 1. The molecule has 2 amide bonds. The van der Waals surface area contributed by atoms with Gasteiger partial charge in [-0.05, 0) is 44.5 Å². The average Bonchev–Trinajstić information content (AvgIpc) is 2.79. The summed E-state index contributed by atoms with van der Waals surface area (Å²) in [6, 6.07) is 8.93. The van der Waals surface area contributed by atoms with Gasteiger partial charge in [-0.25, -0.2) is 8.70 Å². The normalized spacial score (nSPS) is 12.5. The molecule has 1 N–H and O–H groups in total. The molecule has 0 aliphatic heterocycles. The zero-order chi connectivity index (χ0) is 27.2. The summed E-state index contributed by atoms with van der Waals surface area (Å²) in [6.45, 7) is 4.38. The van der Waals surface area contributed by atoms with Gasteiger partial charge in [0.05, 0.1) is 5.69 Å². The second-order valence-electron chi connectivity index (χ2n) is 8.56. The van der Waals surface area contributed by atoms with Crippen LogP contribution in [-0.2, 0) is 26.3 Å². The molecule has 198 valence electrons. The first-order valence-electron chi connectivity index (χ1n) is 11.3. The minimum Gasteiger partial charge on any atom is -0.352 e. The van der Waals surface area contributed by atoms with E-state index in [9.17, 15) is 22.4 Å². The van der Waals surface area contributed by atoms with E-state index in [0.29, 0.717) is 9.87 Å². The van der Waals surface area contributed by atoms with E-state index in [1.165, 1.54) is 37.2 Å². The second kappa shape index (κ2) is 12.7. The number of amides is 2. The molecule has 0 aromatic heterocycles. The summed E-state index contributed by atoms with van der Waals surface area (Å²) in [5.74, 6) is -1.97. The topological polar surface area (TPSA) is 90.0 Å². The number of halogens is 3. The monoisotopic (exact) mass is 560 g/mol. The summed E-state index contributed by atoms with van der Waals surface area (Å²) in [5, 5.41) is 3.36. The van der Waals surface area contributed by atoms with Crippen LogP contribution in [0.15, 0.2) is 42.5 Å². The van der Waals surface area contributed by atoms with Crippen LogP contribution in [-0.4, -0.2) is 62.2 Å². The first-order chi connectivity index (χ1) is 16.8. The van der Waals surface area contributed by atoms with Crippen LogP contribution < -0.4 is 9.62 Å². The fourth-order valence-corrected chi connectivity index (χ4v) is 5.09. The Morgan fingerprint density at radius 1 is 1.03 bits per heavy atom. The Hall–Kier alpha value is -2.40. The van der Waals surface area contributed by atoms with Crippen molar-refractivity contribution in [1.82, 2.24) is 14.5 Å². The maximum Gasteiger partial charge on any atom is 0.304 e. The highest BCUT2D eigenvalue weighted by Gasteiger charge is 2.35. The molecule has 0 fully saturated rings. The number of anilines is 1. The van der Waals surface area contributed by atoms with Gasteiger partial charge in [-0.1, -0.05) is 48.3 Å². The van der Waals surface area contributed by atoms with E-state index in [1.807, 2.05) is 0 Å². The summed E-state index contributed by atoms with van der Waals surface area (Å²) in [7, 11) is -1.72. The van der Waals surface area contributed by atoms with Crippen LogP contribution >= 0.6 is 23.2 Å². The number of nitrogens with one attached hydrogen (secondary N) is 1. The molecule has 12 heteroatoms. The summed E-state index contributed by atoms with van der Waals surface area (Å²) in [6.07, 6.45) is 0.229. The lowest BCUT2D eigenvalue weighted by Gasteiger charge is -2.34. The van der Waals surface area contributed by atoms with E-state index in [4.69, 9.17) is 23.2 Å². The Bertz CT molecular complexity index is 1170. The molecule has 0 heterocycles. The minimum absolute atomic E-state index is 0.158. The van der Waals surface area contributed by atoms with Gasteiger partial charge in [-0.2, -0.15) is 12.7 Å². The molecule has 8 nitrogen and oxygen atoms in total. The van der Waals surface area contributed by atoms with E-state index in [2.05, 4.69) is 5.32 Å². The molecule has 1 atom stereocenters. The van der Waals surface area contributed by atoms with E-state index in [0.717, 1.165) is 10.4 Å². The number of nitrogens with zero attached hydrogens (tertiary/aromatic N) is 3. The smallest absolute Gasteiger partial charge is 0.304 e. The Labute approximate surface area is 222 Å². The predicted molar refractivity (Wildman–Crippen MR) is 141 cm³/mol. The third-order valence-corrected chi connectivity index (χ3v) is 7.86. The highest BCUT2D eigenvalue weighted by molar-refractivity contribution is 7.90. The number of benzene rings is 2. The molecule has 0 aliphatic carbocycles. The van der Waals surface area contributed by atoms with Gasteiger partial charge >= 0.3 is 10.2 Å². The van der Waals surface area contributed by atoms with E-state index in [-0.39, 0.29) is 34.7 Å². The van der Waals surface area contributed by atoms with E-state index in [1.54, 1.807) is 39.0 Å². The highest BCUT2D eigenvalue weighted by atomic mass is 35.5. The zero-order valence-corrected chi connectivity index (χ0v) is 23.2. The lowest BCUT2D eigenvalue weighted by atomic mass is 10.1. The van der Waals surface area contributed by atoms with Crippen molar-refractivity contribution in [2.45, 2.75) is 45.8 Å². The standard InChI is InChI=1S/C24H31Cl2FN4O4S/c1-6-21(24(33)28-16(2)3)30(14-17-18(25)10-9-11-19(17)26)23(32)15-31(36(34,35)29(4)5)22-13-8-7-12-20(22)27/h7-13,16,21H,6,14-15H2,1-5H3,(H,28,33)/t21-/m1/s1. The molecule has 2 aromatic rings. The molecule has 36 heavy (non-hydrogen) atoms. The van der Waals surface area contributed by atoms with Crippen LogP contribution in [0, 0.1) is 5.82 Å². The Kier molecular flexibility index (Phi) is 10.5. The lowest BCUT2D eigenvalue weighted by molar-refractivity contribution is -0.140. The first kappa shape index (κ1) is 29.8. The van der Waals surface area contributed by atoms with Crippen LogP contribution in [0.1, 0.15) is 32.8 Å². The maximum atomic E-state index is 14.7. The molecule has 2 aromatic carbocycles. The largest absolute Gasteiger partial charge is 0.352 e. The SMILES string of the molecule is CC[C@H](C(=O)NC(C)C)N(Cc1c(Cl)cccc1Cl)C(=O)CN(c1ccccc1F)S(=O)(=O)N(C)C. The summed E-state index contributed by atoms with van der Waals surface area (Å²) in [4.78, 5) is 28.0. The maximum absolute atomic E-state index is 14.7. The molecule has 0 spiro atoms. The van der Waals surface area contributed by atoms with E-state index >= 15 is 0 Å². The van der Waals surface area contributed by atoms with Crippen LogP contribution in [0.2, 0.25) is 10.0 Å². The third-order valence-electron chi connectivity index (χ3n) is 5.35. The number of hydrogen-bond acceptors (Lipinski definition) is 4. The second-order valence-corrected chi connectivity index (χ2v) is 11.4. The van der Waals surface area contributed by atoms with Gasteiger partial charge in [0.2, 0.25) is 11.8 Å². The minimum atomic E-state index is -4.28. The summed E-state index contributed by atoms with van der Waals surface area (Å²) in [5.41, 5.74) is 0.104. The van der Waals surface area contributed by atoms with Crippen molar-refractivity contribution in [3.8, 4) is 0 Å². The van der Waals surface area contributed by atoms with Crippen molar-refractivity contribution in [1.29, 1.82) is 0 Å². The molecule has 2 rings (SSSR count). The first-order valence-corrected chi connectivity index (χ1v) is 13.4. The van der Waals surface area contributed by atoms with Gasteiger partial charge in [0.25, 0.3) is 0 Å². The fraction of sp³-hybridized carbons (Fsp3) is 0.417. The Morgan fingerprint density at radius 3 is 2.11 bits per heavy atom. The van der Waals surface area contributed by atoms with E-state index < -0.39 is 40.4 Å². The Balaban J connectivity index is 2.58. The van der Waals surface area contributed by atoms with Gasteiger partial charge in [-0.15, -0.1) is 0 Å². The number of carbonyl (C=O) groups excluding carboxylic acids is 2. The highest BCUT2D eigenvalue weighted by Crippen LogP contribution is 2.28. The summed E-state index contributed by atoms with van der Waals surface area (Å²) < 4.78 is 42.5. The van der Waals surface area contributed by atoms with Crippen molar-refractivity contribution >= 4 is 50.9 Å². The van der Waals surface area contributed by atoms with Gasteiger partial charge in [0, 0.05) is 42.3 Å². The van der Waals surface area contributed by atoms with Crippen LogP contribution in [0.5, 0.6) is 0 Å². The van der Waals surface area contributed by atoms with Crippen molar-refractivity contribution < 1.29 is 22.4 Å². The number of para-hydroxylation sites is 1. The molecule has 0 radical (unpaired) electrons. The number of carbonyl (C=O) groups is 2. The quantitative estimate of drug-likeness (QED) is 0.448. The fourth-order valence-electron chi connectivity index (χ4n) is 3.51. The number of rotatable bonds is 11. The van der Waals surface area contributed by atoms with Gasteiger partial charge < -0.3 is 10.2 Å². The lowest BCUT2D eigenvalue weighted by Crippen LogP contribution is -2.54. The average molecular weight is 562 g/mol. The van der Waals surface area contributed by atoms with Crippen LogP contribution in [0.4, 0.5) is 10.1 Å². The van der Waals surface area contributed by atoms with Crippen molar-refractivity contribution in [3.05, 3.63) is 63.9 Å². The van der Waals surface area contributed by atoms with Gasteiger partial charge in [0.1, 0.15) is 18.4 Å². The predicted octanol–water partition coefficient (Wildman–Crippen LogP) is 4.08. The zero-order valence-electron chi connectivity index (χ0n) is 20.8. The molecular formula is C24H31Cl2FN4O4S. The molecular weight excluding hydrogens is 530 g/mol. The van der Waals surface area contributed by atoms with Crippen molar-refractivity contribution in [2.24, 2.45) is 0 Å². The molecule has 0 unspecified atom stereocenters. The molecule has 0 saturated carbocycles. The van der Waals surface area contributed by atoms with Crippen molar-refractivity contribution in [2.75, 3.05) is 24.9 Å². The molecule has 0 bridgehead atoms. The van der Waals surface area contributed by atoms with Gasteiger partial charge in [0.15, 0.2) is 0 Å².